The third-order valence-corrected chi connectivity index (χ3v) is 4.81. The monoisotopic (exact) mass is 346 g/mol. The molecule has 0 saturated carbocycles. The Morgan fingerprint density at radius 1 is 1.38 bits per heavy atom. The van der Waals surface area contributed by atoms with Gasteiger partial charge in [0.05, 0.1) is 30.2 Å². The van der Waals surface area contributed by atoms with Crippen LogP contribution in [0.3, 0.4) is 0 Å². The van der Waals surface area contributed by atoms with Crippen molar-refractivity contribution in [2.75, 3.05) is 18.5 Å². The van der Waals surface area contributed by atoms with Crippen LogP contribution in [0, 0.1) is 6.92 Å². The van der Waals surface area contributed by atoms with E-state index >= 15 is 0 Å². The summed E-state index contributed by atoms with van der Waals surface area (Å²) in [5.74, 6) is 0.720. The van der Waals surface area contributed by atoms with Crippen molar-refractivity contribution in [3.63, 3.8) is 0 Å². The smallest absolute Gasteiger partial charge is 0.271 e. The number of thiazole rings is 1. The summed E-state index contributed by atoms with van der Waals surface area (Å²) in [7, 11) is 0. The number of ether oxygens (including phenoxy) is 2. The first-order valence-corrected chi connectivity index (χ1v) is 8.63. The van der Waals surface area contributed by atoms with Crippen molar-refractivity contribution in [2.45, 2.75) is 25.5 Å². The maximum Gasteiger partial charge on any atom is 0.271 e. The van der Waals surface area contributed by atoms with Crippen molar-refractivity contribution in [1.29, 1.82) is 0 Å². The van der Waals surface area contributed by atoms with Crippen LogP contribution >= 0.6 is 11.3 Å². The average molecular weight is 346 g/mol. The number of nitrogens with one attached hydrogen (secondary N) is 3. The summed E-state index contributed by atoms with van der Waals surface area (Å²) in [6.07, 6.45) is 2.65. The number of anilines is 1. The van der Waals surface area contributed by atoms with Gasteiger partial charge in [0.25, 0.3) is 5.56 Å². The van der Waals surface area contributed by atoms with Crippen LogP contribution in [-0.4, -0.2) is 40.5 Å². The zero-order valence-corrected chi connectivity index (χ0v) is 14.0. The molecule has 0 radical (unpaired) electrons. The number of rotatable bonds is 4. The lowest BCUT2D eigenvalue weighted by Gasteiger charge is -2.30. The lowest BCUT2D eigenvalue weighted by atomic mass is 10.1. The summed E-state index contributed by atoms with van der Waals surface area (Å²) in [4.78, 5) is 17.0. The molecule has 4 rings (SSSR count). The van der Waals surface area contributed by atoms with Crippen LogP contribution in [0.5, 0.6) is 5.75 Å². The molecule has 1 aliphatic heterocycles. The van der Waals surface area contributed by atoms with Gasteiger partial charge < -0.3 is 14.8 Å². The third kappa shape index (κ3) is 3.15. The SMILES string of the molecule is Cc1cnc(NC2COCC(Oc3ccc4c(=O)[nH][nH]c4c3)C2)s1. The van der Waals surface area contributed by atoms with E-state index in [1.54, 1.807) is 17.4 Å². The maximum atomic E-state index is 11.5. The number of hydrogen-bond donors (Lipinski definition) is 3. The van der Waals surface area contributed by atoms with Crippen LogP contribution in [0.15, 0.2) is 29.2 Å². The lowest BCUT2D eigenvalue weighted by molar-refractivity contribution is 0.000836. The highest BCUT2D eigenvalue weighted by Crippen LogP contribution is 2.23. The van der Waals surface area contributed by atoms with Crippen molar-refractivity contribution in [3.05, 3.63) is 39.6 Å². The average Bonchev–Trinajstić information content (AvgIpc) is 3.14. The summed E-state index contributed by atoms with van der Waals surface area (Å²) < 4.78 is 11.7. The van der Waals surface area contributed by atoms with Crippen LogP contribution in [-0.2, 0) is 4.74 Å². The van der Waals surface area contributed by atoms with E-state index in [1.165, 1.54) is 4.88 Å². The number of aromatic amines is 2. The number of fused-ring (bicyclic) bond motifs is 1. The van der Waals surface area contributed by atoms with Crippen molar-refractivity contribution in [1.82, 2.24) is 15.2 Å². The number of H-pyrrole nitrogens is 2. The molecule has 1 saturated heterocycles. The van der Waals surface area contributed by atoms with Gasteiger partial charge >= 0.3 is 0 Å². The Morgan fingerprint density at radius 3 is 3.12 bits per heavy atom. The van der Waals surface area contributed by atoms with E-state index in [-0.39, 0.29) is 17.7 Å². The van der Waals surface area contributed by atoms with Crippen LogP contribution in [0.2, 0.25) is 0 Å². The predicted octanol–water partition coefficient (Wildman–Crippen LogP) is 2.27. The summed E-state index contributed by atoms with van der Waals surface area (Å²) in [5, 5.41) is 10.3. The van der Waals surface area contributed by atoms with Gasteiger partial charge in [-0.3, -0.25) is 15.0 Å². The first kappa shape index (κ1) is 15.2. The van der Waals surface area contributed by atoms with Gasteiger partial charge in [-0.2, -0.15) is 0 Å². The molecule has 2 aromatic heterocycles. The van der Waals surface area contributed by atoms with E-state index in [0.29, 0.717) is 18.6 Å². The van der Waals surface area contributed by atoms with E-state index < -0.39 is 0 Å². The Kier molecular flexibility index (Phi) is 3.99. The minimum absolute atomic E-state index is 0.0413. The number of benzene rings is 1. The van der Waals surface area contributed by atoms with Crippen LogP contribution < -0.4 is 15.6 Å². The molecule has 0 bridgehead atoms. The van der Waals surface area contributed by atoms with Gasteiger partial charge in [-0.05, 0) is 19.1 Å². The summed E-state index contributed by atoms with van der Waals surface area (Å²) in [6, 6.07) is 5.57. The molecule has 24 heavy (non-hydrogen) atoms. The Labute approximate surface area is 142 Å². The predicted molar refractivity (Wildman–Crippen MR) is 93.0 cm³/mol. The van der Waals surface area contributed by atoms with E-state index in [4.69, 9.17) is 9.47 Å². The van der Waals surface area contributed by atoms with Gasteiger partial charge in [0.15, 0.2) is 5.13 Å². The molecule has 1 aromatic carbocycles. The van der Waals surface area contributed by atoms with Gasteiger partial charge in [-0.25, -0.2) is 4.98 Å². The third-order valence-electron chi connectivity index (χ3n) is 3.97. The highest BCUT2D eigenvalue weighted by Gasteiger charge is 2.24. The Morgan fingerprint density at radius 2 is 2.29 bits per heavy atom. The van der Waals surface area contributed by atoms with E-state index in [2.05, 4.69) is 20.5 Å². The largest absolute Gasteiger partial charge is 0.488 e. The molecule has 0 aliphatic carbocycles. The molecule has 0 amide bonds. The standard InChI is InChI=1S/C16H18N4O3S/c1-9-6-17-16(24-9)18-10-4-12(8-22-7-10)23-11-2-3-13-14(5-11)19-20-15(13)21/h2-3,5-6,10,12H,4,7-8H2,1H3,(H,17,18)(H2,19,20,21). The quantitative estimate of drug-likeness (QED) is 0.674. The molecule has 7 nitrogen and oxygen atoms in total. The van der Waals surface area contributed by atoms with Crippen LogP contribution in [0.1, 0.15) is 11.3 Å². The molecule has 1 fully saturated rings. The fraction of sp³-hybridized carbons (Fsp3) is 0.375. The molecule has 3 heterocycles. The maximum absolute atomic E-state index is 11.5. The Bertz CT molecular complexity index is 900. The first-order chi connectivity index (χ1) is 11.7. The van der Waals surface area contributed by atoms with E-state index in [0.717, 1.165) is 22.8 Å². The minimum atomic E-state index is -0.124. The summed E-state index contributed by atoms with van der Waals surface area (Å²) in [6.45, 7) is 3.23. The lowest BCUT2D eigenvalue weighted by Crippen LogP contribution is -2.40. The fourth-order valence-corrected chi connectivity index (χ4v) is 3.60. The highest BCUT2D eigenvalue weighted by atomic mass is 32.1. The molecule has 8 heteroatoms. The second-order valence-electron chi connectivity index (χ2n) is 5.92. The number of hydrogen-bond acceptors (Lipinski definition) is 6. The van der Waals surface area contributed by atoms with Crippen LogP contribution in [0.4, 0.5) is 5.13 Å². The molecule has 3 aromatic rings. The molecular formula is C16H18N4O3S. The van der Waals surface area contributed by atoms with Crippen molar-refractivity contribution >= 4 is 27.4 Å². The minimum Gasteiger partial charge on any atom is -0.488 e. The number of aromatic nitrogens is 3. The molecule has 0 spiro atoms. The molecule has 3 N–H and O–H groups in total. The summed E-state index contributed by atoms with van der Waals surface area (Å²) >= 11 is 1.63. The fourth-order valence-electron chi connectivity index (χ4n) is 2.86. The number of aryl methyl sites for hydroxylation is 1. The van der Waals surface area contributed by atoms with Crippen molar-refractivity contribution in [2.24, 2.45) is 0 Å². The molecule has 2 atom stereocenters. The molecule has 1 aliphatic rings. The zero-order valence-electron chi connectivity index (χ0n) is 13.2. The van der Waals surface area contributed by atoms with Gasteiger partial charge in [0.1, 0.15) is 11.9 Å². The van der Waals surface area contributed by atoms with Crippen molar-refractivity contribution in [3.8, 4) is 5.75 Å². The highest BCUT2D eigenvalue weighted by molar-refractivity contribution is 7.15. The second-order valence-corrected chi connectivity index (χ2v) is 7.15. The summed E-state index contributed by atoms with van der Waals surface area (Å²) in [5.41, 5.74) is 0.614. The topological polar surface area (TPSA) is 92.0 Å². The second kappa shape index (κ2) is 6.29. The Balaban J connectivity index is 1.42. The normalized spacial score (nSPS) is 21.0. The van der Waals surface area contributed by atoms with Gasteiger partial charge in [0, 0.05) is 23.6 Å². The first-order valence-electron chi connectivity index (χ1n) is 7.81. The van der Waals surface area contributed by atoms with Gasteiger partial charge in [0.2, 0.25) is 0 Å². The van der Waals surface area contributed by atoms with E-state index in [9.17, 15) is 4.79 Å². The van der Waals surface area contributed by atoms with Gasteiger partial charge in [-0.1, -0.05) is 0 Å². The van der Waals surface area contributed by atoms with Crippen molar-refractivity contribution < 1.29 is 9.47 Å². The van der Waals surface area contributed by atoms with Gasteiger partial charge in [-0.15, -0.1) is 11.3 Å². The molecule has 126 valence electrons. The zero-order chi connectivity index (χ0) is 16.5. The Hall–Kier alpha value is -2.32. The van der Waals surface area contributed by atoms with E-state index in [1.807, 2.05) is 25.3 Å². The molecule has 2 unspecified atom stereocenters. The number of nitrogens with zero attached hydrogens (tertiary/aromatic N) is 1. The van der Waals surface area contributed by atoms with Crippen LogP contribution in [0.25, 0.3) is 10.9 Å². The molecular weight excluding hydrogens is 328 g/mol.